The highest BCUT2D eigenvalue weighted by atomic mass is 16.2. The molecule has 0 aromatic carbocycles. The Morgan fingerprint density at radius 1 is 1.24 bits per heavy atom. The molecular formula is C17H33N3O. The standard InChI is InChI=1S/C17H33N3O/c1-14-13-16(6-9-18-14)17(21)20-11-7-15(8-12-20)5-4-10-19(2)3/h14-16,18H,4-13H2,1-3H3/t14-,16-/m0/s1. The third kappa shape index (κ3) is 5.26. The average molecular weight is 295 g/mol. The molecule has 0 spiro atoms. The van der Waals surface area contributed by atoms with Gasteiger partial charge in [0, 0.05) is 25.0 Å². The molecule has 122 valence electrons. The van der Waals surface area contributed by atoms with Crippen LogP contribution in [0.4, 0.5) is 0 Å². The van der Waals surface area contributed by atoms with Crippen molar-refractivity contribution in [3.05, 3.63) is 0 Å². The maximum atomic E-state index is 12.6. The molecule has 4 nitrogen and oxygen atoms in total. The van der Waals surface area contributed by atoms with E-state index in [-0.39, 0.29) is 5.92 Å². The van der Waals surface area contributed by atoms with Crippen LogP contribution in [-0.2, 0) is 4.79 Å². The zero-order chi connectivity index (χ0) is 15.2. The van der Waals surface area contributed by atoms with Gasteiger partial charge in [0.25, 0.3) is 0 Å². The minimum Gasteiger partial charge on any atom is -0.342 e. The van der Waals surface area contributed by atoms with E-state index in [2.05, 4.69) is 36.1 Å². The summed E-state index contributed by atoms with van der Waals surface area (Å²) in [5.41, 5.74) is 0. The van der Waals surface area contributed by atoms with Gasteiger partial charge in [-0.25, -0.2) is 0 Å². The molecule has 2 atom stereocenters. The fourth-order valence-electron chi connectivity index (χ4n) is 3.75. The van der Waals surface area contributed by atoms with Gasteiger partial charge in [-0.15, -0.1) is 0 Å². The molecule has 0 saturated carbocycles. The molecule has 1 amide bonds. The number of hydrogen-bond acceptors (Lipinski definition) is 3. The first kappa shape index (κ1) is 16.8. The maximum absolute atomic E-state index is 12.6. The minimum atomic E-state index is 0.270. The summed E-state index contributed by atoms with van der Waals surface area (Å²) in [6, 6.07) is 0.497. The van der Waals surface area contributed by atoms with Crippen LogP contribution in [0.1, 0.15) is 45.4 Å². The molecule has 2 rings (SSSR count). The van der Waals surface area contributed by atoms with Crippen LogP contribution in [0.15, 0.2) is 0 Å². The van der Waals surface area contributed by atoms with Crippen molar-refractivity contribution in [2.75, 3.05) is 40.3 Å². The molecule has 0 bridgehead atoms. The molecule has 0 aliphatic carbocycles. The van der Waals surface area contributed by atoms with Crippen molar-refractivity contribution in [1.82, 2.24) is 15.1 Å². The van der Waals surface area contributed by atoms with Gasteiger partial charge >= 0.3 is 0 Å². The molecule has 2 aliphatic heterocycles. The van der Waals surface area contributed by atoms with Gasteiger partial charge in [0.05, 0.1) is 0 Å². The van der Waals surface area contributed by atoms with Crippen molar-refractivity contribution < 1.29 is 4.79 Å². The lowest BCUT2D eigenvalue weighted by Gasteiger charge is -2.36. The molecule has 1 N–H and O–H groups in total. The van der Waals surface area contributed by atoms with Crippen molar-refractivity contribution in [2.45, 2.75) is 51.5 Å². The molecule has 0 radical (unpaired) electrons. The van der Waals surface area contributed by atoms with E-state index in [4.69, 9.17) is 0 Å². The highest BCUT2D eigenvalue weighted by Gasteiger charge is 2.30. The van der Waals surface area contributed by atoms with Crippen LogP contribution in [-0.4, -0.2) is 62.0 Å². The molecule has 4 heteroatoms. The van der Waals surface area contributed by atoms with Gasteiger partial charge < -0.3 is 15.1 Å². The summed E-state index contributed by atoms with van der Waals surface area (Å²) in [6.45, 7) is 6.36. The number of piperidine rings is 2. The first-order valence-corrected chi connectivity index (χ1v) is 8.73. The van der Waals surface area contributed by atoms with Crippen molar-refractivity contribution in [1.29, 1.82) is 0 Å². The number of carbonyl (C=O) groups excluding carboxylic acids is 1. The van der Waals surface area contributed by atoms with Gasteiger partial charge in [0.15, 0.2) is 0 Å². The SMILES string of the molecule is C[C@H]1C[C@@H](C(=O)N2CCC(CCCN(C)C)CC2)CCN1. The van der Waals surface area contributed by atoms with Crippen molar-refractivity contribution >= 4 is 5.91 Å². The Morgan fingerprint density at radius 2 is 1.95 bits per heavy atom. The van der Waals surface area contributed by atoms with Crippen LogP contribution in [0.5, 0.6) is 0 Å². The predicted octanol–water partition coefficient (Wildman–Crippen LogP) is 1.95. The Morgan fingerprint density at radius 3 is 2.57 bits per heavy atom. The minimum absolute atomic E-state index is 0.270. The Kier molecular flexibility index (Phi) is 6.49. The fourth-order valence-corrected chi connectivity index (χ4v) is 3.75. The summed E-state index contributed by atoms with van der Waals surface area (Å²) < 4.78 is 0. The molecule has 0 aromatic rings. The number of nitrogens with zero attached hydrogens (tertiary/aromatic N) is 2. The zero-order valence-corrected chi connectivity index (χ0v) is 14.1. The van der Waals surface area contributed by atoms with Crippen LogP contribution in [0.2, 0.25) is 0 Å². The van der Waals surface area contributed by atoms with Gasteiger partial charge in [-0.3, -0.25) is 4.79 Å². The summed E-state index contributed by atoms with van der Waals surface area (Å²) in [5.74, 6) is 1.53. The van der Waals surface area contributed by atoms with Gasteiger partial charge in [-0.1, -0.05) is 0 Å². The van der Waals surface area contributed by atoms with Gasteiger partial charge in [-0.05, 0) is 78.6 Å². The second-order valence-corrected chi connectivity index (χ2v) is 7.29. The van der Waals surface area contributed by atoms with Crippen LogP contribution in [0.3, 0.4) is 0 Å². The zero-order valence-electron chi connectivity index (χ0n) is 14.1. The van der Waals surface area contributed by atoms with E-state index in [1.54, 1.807) is 0 Å². The van der Waals surface area contributed by atoms with E-state index in [0.717, 1.165) is 38.4 Å². The molecule has 0 unspecified atom stereocenters. The highest BCUT2D eigenvalue weighted by Crippen LogP contribution is 2.25. The van der Waals surface area contributed by atoms with Crippen molar-refractivity contribution in [3.8, 4) is 0 Å². The third-order valence-electron chi connectivity index (χ3n) is 5.12. The first-order chi connectivity index (χ1) is 10.1. The van der Waals surface area contributed by atoms with E-state index in [0.29, 0.717) is 11.9 Å². The topological polar surface area (TPSA) is 35.6 Å². The summed E-state index contributed by atoms with van der Waals surface area (Å²) >= 11 is 0. The summed E-state index contributed by atoms with van der Waals surface area (Å²) in [6.07, 6.45) is 7.06. The predicted molar refractivity (Wildman–Crippen MR) is 87.3 cm³/mol. The Labute approximate surface area is 130 Å². The summed E-state index contributed by atoms with van der Waals surface area (Å²) in [7, 11) is 4.28. The molecule has 21 heavy (non-hydrogen) atoms. The normalized spacial score (nSPS) is 28.1. The van der Waals surface area contributed by atoms with Gasteiger partial charge in [0.2, 0.25) is 5.91 Å². The average Bonchev–Trinajstić information content (AvgIpc) is 2.47. The highest BCUT2D eigenvalue weighted by molar-refractivity contribution is 5.79. The number of rotatable bonds is 5. The van der Waals surface area contributed by atoms with E-state index in [1.165, 1.54) is 32.2 Å². The van der Waals surface area contributed by atoms with Crippen molar-refractivity contribution in [2.24, 2.45) is 11.8 Å². The van der Waals surface area contributed by atoms with E-state index in [9.17, 15) is 4.79 Å². The third-order valence-corrected chi connectivity index (χ3v) is 5.12. The fraction of sp³-hybridized carbons (Fsp3) is 0.941. The molecule has 2 aliphatic rings. The monoisotopic (exact) mass is 295 g/mol. The smallest absolute Gasteiger partial charge is 0.225 e. The maximum Gasteiger partial charge on any atom is 0.225 e. The number of hydrogen-bond donors (Lipinski definition) is 1. The number of likely N-dealkylation sites (tertiary alicyclic amines) is 1. The molecular weight excluding hydrogens is 262 g/mol. The lowest BCUT2D eigenvalue weighted by atomic mass is 9.88. The second kappa shape index (κ2) is 8.14. The molecule has 2 saturated heterocycles. The number of amides is 1. The molecule has 0 aromatic heterocycles. The quantitative estimate of drug-likeness (QED) is 0.842. The second-order valence-electron chi connectivity index (χ2n) is 7.29. The van der Waals surface area contributed by atoms with E-state index < -0.39 is 0 Å². The summed E-state index contributed by atoms with van der Waals surface area (Å²) in [5, 5.41) is 3.43. The van der Waals surface area contributed by atoms with Crippen LogP contribution >= 0.6 is 0 Å². The van der Waals surface area contributed by atoms with E-state index >= 15 is 0 Å². The number of nitrogens with one attached hydrogen (secondary N) is 1. The lowest BCUT2D eigenvalue weighted by Crippen LogP contribution is -2.46. The Balaban J connectivity index is 1.69. The Bertz CT molecular complexity index is 324. The first-order valence-electron chi connectivity index (χ1n) is 8.73. The van der Waals surface area contributed by atoms with Gasteiger partial charge in [-0.2, -0.15) is 0 Å². The lowest BCUT2D eigenvalue weighted by molar-refractivity contribution is -0.138. The molecule has 2 heterocycles. The van der Waals surface area contributed by atoms with Crippen LogP contribution in [0.25, 0.3) is 0 Å². The van der Waals surface area contributed by atoms with Crippen molar-refractivity contribution in [3.63, 3.8) is 0 Å². The van der Waals surface area contributed by atoms with Crippen LogP contribution in [0, 0.1) is 11.8 Å². The molecule has 2 fully saturated rings. The summed E-state index contributed by atoms with van der Waals surface area (Å²) in [4.78, 5) is 17.0. The van der Waals surface area contributed by atoms with Gasteiger partial charge in [0.1, 0.15) is 0 Å². The van der Waals surface area contributed by atoms with E-state index in [1.807, 2.05) is 0 Å². The number of carbonyl (C=O) groups is 1. The van der Waals surface area contributed by atoms with Crippen LogP contribution < -0.4 is 5.32 Å². The Hall–Kier alpha value is -0.610. The largest absolute Gasteiger partial charge is 0.342 e.